The Labute approximate surface area is 135 Å². The number of methoxy groups -OCH3 is 1. The van der Waals surface area contributed by atoms with Crippen LogP contribution in [0, 0.1) is 13.8 Å². The maximum absolute atomic E-state index is 12.6. The Kier molecular flexibility index (Phi) is 5.65. The van der Waals surface area contributed by atoms with Gasteiger partial charge < -0.3 is 14.6 Å². The average molecular weight is 315 g/mol. The molecule has 0 aliphatic rings. The second kappa shape index (κ2) is 7.69. The molecule has 2 aromatic rings. The molecule has 1 amide bonds. The fourth-order valence-electron chi connectivity index (χ4n) is 2.43. The molecule has 23 heavy (non-hydrogen) atoms. The molecule has 2 aromatic heterocycles. The van der Waals surface area contributed by atoms with Gasteiger partial charge in [0.2, 0.25) is 0 Å². The Hall–Kier alpha value is -2.47. The average Bonchev–Trinajstić information content (AvgIpc) is 2.53. The minimum atomic E-state index is -0.385. The number of carbonyl (C=O) groups excluding carboxylic acids is 1. The molecule has 0 bridgehead atoms. The minimum Gasteiger partial charge on any atom is -0.383 e. The minimum absolute atomic E-state index is 0.169. The van der Waals surface area contributed by atoms with Crippen LogP contribution in [-0.2, 0) is 17.8 Å². The third kappa shape index (κ3) is 4.04. The molecule has 0 aromatic carbocycles. The van der Waals surface area contributed by atoms with Gasteiger partial charge in [0.25, 0.3) is 11.5 Å². The quantitative estimate of drug-likeness (QED) is 0.875. The first kappa shape index (κ1) is 16.9. The highest BCUT2D eigenvalue weighted by Crippen LogP contribution is 2.07. The Bertz CT molecular complexity index is 739. The number of aromatic nitrogens is 2. The Morgan fingerprint density at radius 2 is 2.13 bits per heavy atom. The smallest absolute Gasteiger partial charge is 0.263 e. The lowest BCUT2D eigenvalue weighted by atomic mass is 10.1. The Morgan fingerprint density at radius 3 is 2.78 bits per heavy atom. The van der Waals surface area contributed by atoms with Crippen LogP contribution < -0.4 is 10.9 Å². The van der Waals surface area contributed by atoms with Crippen LogP contribution in [0.25, 0.3) is 0 Å². The van der Waals surface area contributed by atoms with Crippen LogP contribution in [0.15, 0.2) is 35.3 Å². The van der Waals surface area contributed by atoms with Crippen molar-refractivity contribution < 1.29 is 9.53 Å². The lowest BCUT2D eigenvalue weighted by Gasteiger charge is -2.14. The monoisotopic (exact) mass is 315 g/mol. The van der Waals surface area contributed by atoms with Crippen molar-refractivity contribution in [3.05, 3.63) is 63.3 Å². The van der Waals surface area contributed by atoms with Crippen molar-refractivity contribution >= 4 is 5.91 Å². The second-order valence-corrected chi connectivity index (χ2v) is 5.30. The van der Waals surface area contributed by atoms with Crippen molar-refractivity contribution in [2.75, 3.05) is 13.7 Å². The number of pyridine rings is 2. The number of ether oxygens (including phenoxy) is 1. The lowest BCUT2D eigenvalue weighted by molar-refractivity contribution is 0.0947. The number of aryl methyl sites for hydroxylation is 2. The molecule has 0 radical (unpaired) electrons. The number of hydrogen-bond donors (Lipinski definition) is 1. The lowest BCUT2D eigenvalue weighted by Crippen LogP contribution is -2.35. The van der Waals surface area contributed by atoms with E-state index in [4.69, 9.17) is 4.74 Å². The molecule has 0 aliphatic carbocycles. The summed E-state index contributed by atoms with van der Waals surface area (Å²) in [5.41, 5.74) is 2.09. The van der Waals surface area contributed by atoms with E-state index in [9.17, 15) is 9.59 Å². The first-order valence-corrected chi connectivity index (χ1v) is 7.42. The normalized spacial score (nSPS) is 10.6. The first-order chi connectivity index (χ1) is 11.0. The highest BCUT2D eigenvalue weighted by Gasteiger charge is 2.17. The highest BCUT2D eigenvalue weighted by molar-refractivity contribution is 5.95. The van der Waals surface area contributed by atoms with E-state index in [1.807, 2.05) is 31.2 Å². The van der Waals surface area contributed by atoms with Gasteiger partial charge in [-0.05, 0) is 37.6 Å². The topological polar surface area (TPSA) is 73.2 Å². The van der Waals surface area contributed by atoms with E-state index in [1.54, 1.807) is 24.8 Å². The van der Waals surface area contributed by atoms with Gasteiger partial charge in [-0.15, -0.1) is 0 Å². The maximum atomic E-state index is 12.6. The van der Waals surface area contributed by atoms with E-state index < -0.39 is 0 Å². The number of nitrogens with zero attached hydrogens (tertiary/aromatic N) is 2. The van der Waals surface area contributed by atoms with Gasteiger partial charge in [-0.2, -0.15) is 0 Å². The molecule has 0 unspecified atom stereocenters. The SMILES string of the molecule is COCCn1c(C)cc(C)c(C(=O)NCc2ccccn2)c1=O. The van der Waals surface area contributed by atoms with Crippen molar-refractivity contribution in [3.63, 3.8) is 0 Å². The van der Waals surface area contributed by atoms with Gasteiger partial charge in [0.05, 0.1) is 18.8 Å². The summed E-state index contributed by atoms with van der Waals surface area (Å²) in [7, 11) is 1.58. The van der Waals surface area contributed by atoms with Gasteiger partial charge in [0, 0.05) is 25.5 Å². The summed E-state index contributed by atoms with van der Waals surface area (Å²) >= 11 is 0. The van der Waals surface area contributed by atoms with Crippen LogP contribution in [-0.4, -0.2) is 29.2 Å². The van der Waals surface area contributed by atoms with Crippen molar-refractivity contribution in [3.8, 4) is 0 Å². The maximum Gasteiger partial charge on any atom is 0.263 e. The van der Waals surface area contributed by atoms with Gasteiger partial charge in [0.1, 0.15) is 5.56 Å². The summed E-state index contributed by atoms with van der Waals surface area (Å²) in [5.74, 6) is -0.385. The molecule has 2 rings (SSSR count). The fraction of sp³-hybridized carbons (Fsp3) is 0.353. The number of carbonyl (C=O) groups is 1. The summed E-state index contributed by atoms with van der Waals surface area (Å²) in [6.07, 6.45) is 1.66. The summed E-state index contributed by atoms with van der Waals surface area (Å²) in [6.45, 7) is 4.73. The summed E-state index contributed by atoms with van der Waals surface area (Å²) < 4.78 is 6.58. The zero-order chi connectivity index (χ0) is 16.8. The first-order valence-electron chi connectivity index (χ1n) is 7.42. The zero-order valence-electron chi connectivity index (χ0n) is 13.6. The standard InChI is InChI=1S/C17H21N3O3/c1-12-10-13(2)20(8-9-23-3)17(22)15(12)16(21)19-11-14-6-4-5-7-18-14/h4-7,10H,8-9,11H2,1-3H3,(H,19,21). The van der Waals surface area contributed by atoms with Gasteiger partial charge in [0.15, 0.2) is 0 Å². The van der Waals surface area contributed by atoms with Crippen LogP contribution in [0.2, 0.25) is 0 Å². The number of hydrogen-bond acceptors (Lipinski definition) is 4. The molecule has 2 heterocycles. The van der Waals surface area contributed by atoms with E-state index in [0.717, 1.165) is 11.4 Å². The van der Waals surface area contributed by atoms with E-state index in [0.29, 0.717) is 18.7 Å². The molecular formula is C17H21N3O3. The van der Waals surface area contributed by atoms with E-state index >= 15 is 0 Å². The number of nitrogens with one attached hydrogen (secondary N) is 1. The fourth-order valence-corrected chi connectivity index (χ4v) is 2.43. The van der Waals surface area contributed by atoms with Crippen molar-refractivity contribution in [2.24, 2.45) is 0 Å². The number of amides is 1. The van der Waals surface area contributed by atoms with Crippen LogP contribution >= 0.6 is 0 Å². The Morgan fingerprint density at radius 1 is 1.35 bits per heavy atom. The van der Waals surface area contributed by atoms with Crippen LogP contribution in [0.1, 0.15) is 27.3 Å². The zero-order valence-corrected chi connectivity index (χ0v) is 13.6. The van der Waals surface area contributed by atoms with Gasteiger partial charge in [-0.3, -0.25) is 14.6 Å². The number of rotatable bonds is 6. The van der Waals surface area contributed by atoms with E-state index in [2.05, 4.69) is 10.3 Å². The molecule has 0 saturated heterocycles. The van der Waals surface area contributed by atoms with Crippen molar-refractivity contribution in [2.45, 2.75) is 26.9 Å². The van der Waals surface area contributed by atoms with Gasteiger partial charge >= 0.3 is 0 Å². The van der Waals surface area contributed by atoms with Crippen molar-refractivity contribution in [1.82, 2.24) is 14.9 Å². The molecule has 0 fully saturated rings. The predicted molar refractivity (Wildman–Crippen MR) is 87.5 cm³/mol. The molecule has 0 saturated carbocycles. The summed E-state index contributed by atoms with van der Waals surface area (Å²) in [5, 5.41) is 2.75. The van der Waals surface area contributed by atoms with Crippen LogP contribution in [0.5, 0.6) is 0 Å². The molecule has 0 aliphatic heterocycles. The molecular weight excluding hydrogens is 294 g/mol. The van der Waals surface area contributed by atoms with Crippen LogP contribution in [0.4, 0.5) is 0 Å². The summed E-state index contributed by atoms with van der Waals surface area (Å²) in [6, 6.07) is 7.32. The molecule has 122 valence electrons. The van der Waals surface area contributed by atoms with E-state index in [1.165, 1.54) is 0 Å². The largest absolute Gasteiger partial charge is 0.383 e. The Balaban J connectivity index is 2.24. The highest BCUT2D eigenvalue weighted by atomic mass is 16.5. The van der Waals surface area contributed by atoms with Gasteiger partial charge in [-0.25, -0.2) is 0 Å². The van der Waals surface area contributed by atoms with Crippen LogP contribution in [0.3, 0.4) is 0 Å². The summed E-state index contributed by atoms with van der Waals surface area (Å²) in [4.78, 5) is 29.2. The molecule has 0 atom stereocenters. The third-order valence-electron chi connectivity index (χ3n) is 3.61. The van der Waals surface area contributed by atoms with Crippen molar-refractivity contribution in [1.29, 1.82) is 0 Å². The molecule has 6 nitrogen and oxygen atoms in total. The predicted octanol–water partition coefficient (Wildman–Crippen LogP) is 1.44. The third-order valence-corrected chi connectivity index (χ3v) is 3.61. The van der Waals surface area contributed by atoms with E-state index in [-0.39, 0.29) is 23.6 Å². The molecule has 1 N–H and O–H groups in total. The molecule has 6 heteroatoms. The second-order valence-electron chi connectivity index (χ2n) is 5.30. The molecule has 0 spiro atoms. The van der Waals surface area contributed by atoms with Gasteiger partial charge in [-0.1, -0.05) is 6.07 Å².